The summed E-state index contributed by atoms with van der Waals surface area (Å²) < 4.78 is 0. The van der Waals surface area contributed by atoms with Gasteiger partial charge in [-0.2, -0.15) is 0 Å². The fraction of sp³-hybridized carbons (Fsp3) is 0.833. The number of aliphatic hydroxyl groups excluding tert-OH is 1. The normalized spacial score (nSPS) is 25.3. The predicted molar refractivity (Wildman–Crippen MR) is 63.9 cm³/mol. The molecule has 1 fully saturated rings. The van der Waals surface area contributed by atoms with Gasteiger partial charge in [0.25, 0.3) is 0 Å². The quantitative estimate of drug-likeness (QED) is 0.586. The van der Waals surface area contributed by atoms with Crippen LogP contribution >= 0.6 is 0 Å². The average molecular weight is 212 g/mol. The molecule has 1 saturated carbocycles. The minimum atomic E-state index is 0.248. The van der Waals surface area contributed by atoms with E-state index in [4.69, 9.17) is 5.11 Å². The monoisotopic (exact) mass is 212 g/mol. The molecule has 1 aliphatic carbocycles. The maximum atomic E-state index is 9.00. The highest BCUT2D eigenvalue weighted by atomic mass is 16.3. The highest BCUT2D eigenvalue weighted by Gasteiger charge is 2.34. The molecule has 0 aromatic carbocycles. The zero-order valence-electron chi connectivity index (χ0n) is 9.78. The maximum Gasteiger partial charge on any atom is 0.0558 e. The van der Waals surface area contributed by atoms with Crippen LogP contribution in [0.1, 0.15) is 19.8 Å². The molecule has 88 valence electrons. The van der Waals surface area contributed by atoms with Gasteiger partial charge in [0.2, 0.25) is 0 Å². The lowest BCUT2D eigenvalue weighted by Crippen LogP contribution is -2.51. The molecule has 2 N–H and O–H groups in total. The standard InChI is InChI=1S/C12H24N2O/c1-3-7-14(8-9-15)12-6-5-11(12)10-13-4-2/h3,11-13,15H,1,4-10H2,2H3. The molecule has 3 nitrogen and oxygen atoms in total. The number of aliphatic hydroxyl groups is 1. The summed E-state index contributed by atoms with van der Waals surface area (Å²) in [6.45, 7) is 9.99. The van der Waals surface area contributed by atoms with Crippen molar-refractivity contribution in [2.24, 2.45) is 5.92 Å². The largest absolute Gasteiger partial charge is 0.395 e. The van der Waals surface area contributed by atoms with Gasteiger partial charge >= 0.3 is 0 Å². The summed E-state index contributed by atoms with van der Waals surface area (Å²) in [4.78, 5) is 2.35. The molecule has 2 unspecified atom stereocenters. The van der Waals surface area contributed by atoms with E-state index < -0.39 is 0 Å². The Morgan fingerprint density at radius 3 is 2.80 bits per heavy atom. The Balaban J connectivity index is 2.34. The zero-order chi connectivity index (χ0) is 11.1. The molecular formula is C12H24N2O. The topological polar surface area (TPSA) is 35.5 Å². The molecule has 0 heterocycles. The molecule has 0 aliphatic heterocycles. The second-order valence-corrected chi connectivity index (χ2v) is 4.22. The lowest BCUT2D eigenvalue weighted by atomic mass is 9.78. The summed E-state index contributed by atoms with van der Waals surface area (Å²) in [6.07, 6.45) is 4.51. The zero-order valence-corrected chi connectivity index (χ0v) is 9.78. The van der Waals surface area contributed by atoms with Gasteiger partial charge in [-0.15, -0.1) is 6.58 Å². The number of hydrogen-bond acceptors (Lipinski definition) is 3. The number of hydrogen-bond donors (Lipinski definition) is 2. The van der Waals surface area contributed by atoms with Crippen LogP contribution in [-0.2, 0) is 0 Å². The Kier molecular flexibility index (Phi) is 5.91. The van der Waals surface area contributed by atoms with Gasteiger partial charge in [-0.3, -0.25) is 4.90 Å². The van der Waals surface area contributed by atoms with Gasteiger partial charge in [0.05, 0.1) is 6.61 Å². The highest BCUT2D eigenvalue weighted by Crippen LogP contribution is 2.31. The first-order valence-electron chi connectivity index (χ1n) is 6.00. The van der Waals surface area contributed by atoms with Crippen LogP contribution in [0, 0.1) is 5.92 Å². The third kappa shape index (κ3) is 3.59. The highest BCUT2D eigenvalue weighted by molar-refractivity contribution is 4.92. The van der Waals surface area contributed by atoms with Crippen molar-refractivity contribution in [3.05, 3.63) is 12.7 Å². The van der Waals surface area contributed by atoms with Crippen molar-refractivity contribution in [1.29, 1.82) is 0 Å². The molecule has 15 heavy (non-hydrogen) atoms. The fourth-order valence-corrected chi connectivity index (χ4v) is 2.29. The van der Waals surface area contributed by atoms with Crippen molar-refractivity contribution >= 4 is 0 Å². The van der Waals surface area contributed by atoms with Gasteiger partial charge in [-0.05, 0) is 31.8 Å². The predicted octanol–water partition coefficient (Wildman–Crippen LogP) is 0.855. The van der Waals surface area contributed by atoms with E-state index in [1.807, 2.05) is 6.08 Å². The summed E-state index contributed by atoms with van der Waals surface area (Å²) in [5.41, 5.74) is 0. The fourth-order valence-electron chi connectivity index (χ4n) is 2.29. The molecule has 0 saturated heterocycles. The summed E-state index contributed by atoms with van der Waals surface area (Å²) in [7, 11) is 0. The van der Waals surface area contributed by atoms with Gasteiger partial charge < -0.3 is 10.4 Å². The second kappa shape index (κ2) is 6.99. The Bertz CT molecular complexity index is 184. The van der Waals surface area contributed by atoms with Gasteiger partial charge in [-0.1, -0.05) is 13.0 Å². The number of nitrogens with zero attached hydrogens (tertiary/aromatic N) is 1. The first kappa shape index (κ1) is 12.7. The van der Waals surface area contributed by atoms with E-state index >= 15 is 0 Å². The van der Waals surface area contributed by atoms with Crippen LogP contribution in [0.15, 0.2) is 12.7 Å². The first-order valence-corrected chi connectivity index (χ1v) is 6.00. The van der Waals surface area contributed by atoms with E-state index in [1.54, 1.807) is 0 Å². The molecular weight excluding hydrogens is 188 g/mol. The molecule has 0 bridgehead atoms. The molecule has 3 heteroatoms. The average Bonchev–Trinajstić information content (AvgIpc) is 2.17. The third-order valence-corrected chi connectivity index (χ3v) is 3.25. The second-order valence-electron chi connectivity index (χ2n) is 4.22. The van der Waals surface area contributed by atoms with Crippen molar-refractivity contribution in [1.82, 2.24) is 10.2 Å². The van der Waals surface area contributed by atoms with Crippen molar-refractivity contribution in [2.75, 3.05) is 32.8 Å². The Labute approximate surface area is 93.2 Å². The summed E-state index contributed by atoms with van der Waals surface area (Å²) in [5, 5.41) is 12.4. The van der Waals surface area contributed by atoms with E-state index in [0.29, 0.717) is 6.04 Å². The Morgan fingerprint density at radius 1 is 1.53 bits per heavy atom. The molecule has 0 aromatic rings. The van der Waals surface area contributed by atoms with Crippen LogP contribution in [0.4, 0.5) is 0 Å². The van der Waals surface area contributed by atoms with Crippen molar-refractivity contribution in [3.63, 3.8) is 0 Å². The van der Waals surface area contributed by atoms with Crippen LogP contribution in [0.5, 0.6) is 0 Å². The minimum Gasteiger partial charge on any atom is -0.395 e. The van der Waals surface area contributed by atoms with Gasteiger partial charge in [0.1, 0.15) is 0 Å². The van der Waals surface area contributed by atoms with Crippen LogP contribution in [0.25, 0.3) is 0 Å². The Hall–Kier alpha value is -0.380. The number of rotatable bonds is 8. The molecule has 0 radical (unpaired) electrons. The Morgan fingerprint density at radius 2 is 2.33 bits per heavy atom. The lowest BCUT2D eigenvalue weighted by molar-refractivity contribution is 0.0574. The van der Waals surface area contributed by atoms with Crippen LogP contribution in [-0.4, -0.2) is 48.8 Å². The SMILES string of the molecule is C=CCN(CCO)C1CCC1CNCC. The van der Waals surface area contributed by atoms with E-state index in [9.17, 15) is 0 Å². The molecule has 0 spiro atoms. The van der Waals surface area contributed by atoms with Gasteiger partial charge in [0.15, 0.2) is 0 Å². The summed E-state index contributed by atoms with van der Waals surface area (Å²) >= 11 is 0. The number of nitrogens with one attached hydrogen (secondary N) is 1. The van der Waals surface area contributed by atoms with Crippen LogP contribution in [0.3, 0.4) is 0 Å². The molecule has 0 amide bonds. The van der Waals surface area contributed by atoms with Crippen LogP contribution < -0.4 is 5.32 Å². The van der Waals surface area contributed by atoms with E-state index in [-0.39, 0.29) is 6.61 Å². The van der Waals surface area contributed by atoms with Gasteiger partial charge in [-0.25, -0.2) is 0 Å². The first-order chi connectivity index (χ1) is 7.33. The maximum absolute atomic E-state index is 9.00. The molecule has 2 atom stereocenters. The van der Waals surface area contributed by atoms with E-state index in [0.717, 1.165) is 32.1 Å². The van der Waals surface area contributed by atoms with Gasteiger partial charge in [0, 0.05) is 19.1 Å². The lowest BCUT2D eigenvalue weighted by Gasteiger charge is -2.44. The van der Waals surface area contributed by atoms with Crippen molar-refractivity contribution in [2.45, 2.75) is 25.8 Å². The van der Waals surface area contributed by atoms with Crippen molar-refractivity contribution in [3.8, 4) is 0 Å². The smallest absolute Gasteiger partial charge is 0.0558 e. The molecule has 0 aromatic heterocycles. The minimum absolute atomic E-state index is 0.248. The third-order valence-electron chi connectivity index (χ3n) is 3.25. The molecule has 1 rings (SSSR count). The summed E-state index contributed by atoms with van der Waals surface area (Å²) in [6, 6.07) is 0.647. The van der Waals surface area contributed by atoms with E-state index in [2.05, 4.69) is 23.7 Å². The van der Waals surface area contributed by atoms with Crippen molar-refractivity contribution < 1.29 is 5.11 Å². The summed E-state index contributed by atoms with van der Waals surface area (Å²) in [5.74, 6) is 0.761. The van der Waals surface area contributed by atoms with E-state index in [1.165, 1.54) is 12.8 Å². The van der Waals surface area contributed by atoms with Crippen LogP contribution in [0.2, 0.25) is 0 Å². The molecule has 1 aliphatic rings.